The lowest BCUT2D eigenvalue weighted by Crippen LogP contribution is -2.20. The van der Waals surface area contributed by atoms with E-state index in [-0.39, 0.29) is 11.4 Å². The molecule has 5 rings (SSSR count). The fourth-order valence-corrected chi connectivity index (χ4v) is 4.37. The molecule has 5 aromatic rings. The molecule has 0 N–H and O–H groups in total. The fraction of sp³-hybridized carbons (Fsp3) is 0.105. The summed E-state index contributed by atoms with van der Waals surface area (Å²) < 4.78 is 16.3. The summed E-state index contributed by atoms with van der Waals surface area (Å²) in [6.07, 6.45) is 5.25. The summed E-state index contributed by atoms with van der Waals surface area (Å²) in [7, 11) is 0. The monoisotopic (exact) mass is 424 g/mol. The Hall–Kier alpha value is -3.11. The summed E-state index contributed by atoms with van der Waals surface area (Å²) in [6, 6.07) is 8.00. The van der Waals surface area contributed by atoms with Gasteiger partial charge in [0.1, 0.15) is 5.82 Å². The number of thiazole rings is 1. The average Bonchev–Trinajstić information content (AvgIpc) is 3.35. The van der Waals surface area contributed by atoms with Crippen molar-refractivity contribution in [3.05, 3.63) is 64.6 Å². The second kappa shape index (κ2) is 6.75. The van der Waals surface area contributed by atoms with E-state index in [9.17, 15) is 9.18 Å². The maximum Gasteiger partial charge on any atom is 0.268 e. The van der Waals surface area contributed by atoms with Gasteiger partial charge in [0, 0.05) is 12.4 Å². The molecule has 4 aromatic heterocycles. The van der Waals surface area contributed by atoms with Crippen LogP contribution in [-0.2, 0) is 0 Å². The van der Waals surface area contributed by atoms with Crippen molar-refractivity contribution in [2.24, 2.45) is 0 Å². The van der Waals surface area contributed by atoms with Gasteiger partial charge in [-0.15, -0.1) is 5.10 Å². The first kappa shape index (κ1) is 18.0. The number of nitrogens with zero attached hydrogens (tertiary/aromatic N) is 6. The van der Waals surface area contributed by atoms with Crippen molar-refractivity contribution in [3.63, 3.8) is 0 Å². The van der Waals surface area contributed by atoms with E-state index in [4.69, 9.17) is 0 Å². The highest BCUT2D eigenvalue weighted by Crippen LogP contribution is 2.28. The summed E-state index contributed by atoms with van der Waals surface area (Å²) in [6.45, 7) is 1.79. The molecule has 0 unspecified atom stereocenters. The number of thioether (sulfide) groups is 1. The number of pyridine rings is 1. The molecule has 29 heavy (non-hydrogen) atoms. The highest BCUT2D eigenvalue weighted by molar-refractivity contribution is 7.98. The Morgan fingerprint density at radius 2 is 1.93 bits per heavy atom. The zero-order valence-corrected chi connectivity index (χ0v) is 17.0. The molecule has 0 atom stereocenters. The van der Waals surface area contributed by atoms with E-state index in [2.05, 4.69) is 20.1 Å². The number of rotatable bonds is 3. The molecule has 10 heteroatoms. The predicted octanol–water partition coefficient (Wildman–Crippen LogP) is 3.72. The van der Waals surface area contributed by atoms with Crippen molar-refractivity contribution >= 4 is 39.8 Å². The average molecular weight is 424 g/mol. The van der Waals surface area contributed by atoms with Crippen LogP contribution in [0.2, 0.25) is 0 Å². The second-order valence-corrected chi connectivity index (χ2v) is 8.06. The molecule has 7 nitrogen and oxygen atoms in total. The molecule has 0 fully saturated rings. The third-order valence-electron chi connectivity index (χ3n) is 4.51. The van der Waals surface area contributed by atoms with Crippen molar-refractivity contribution in [2.45, 2.75) is 12.1 Å². The van der Waals surface area contributed by atoms with Gasteiger partial charge in [-0.3, -0.25) is 9.36 Å². The third-order valence-corrected chi connectivity index (χ3v) is 6.09. The highest BCUT2D eigenvalue weighted by Gasteiger charge is 2.16. The number of aryl methyl sites for hydroxylation is 1. The maximum atomic E-state index is 13.2. The van der Waals surface area contributed by atoms with Crippen molar-refractivity contribution in [2.75, 3.05) is 6.26 Å². The van der Waals surface area contributed by atoms with Crippen LogP contribution in [0.1, 0.15) is 5.69 Å². The zero-order chi connectivity index (χ0) is 20.1. The Morgan fingerprint density at radius 3 is 2.69 bits per heavy atom. The smallest absolute Gasteiger partial charge is 0.268 e. The van der Waals surface area contributed by atoms with Crippen molar-refractivity contribution in [1.82, 2.24) is 29.1 Å². The molecular formula is C19H13FN6OS2. The number of hydrogen-bond donors (Lipinski definition) is 0. The van der Waals surface area contributed by atoms with Gasteiger partial charge in [0.15, 0.2) is 5.13 Å². The zero-order valence-electron chi connectivity index (χ0n) is 15.3. The number of fused-ring (bicyclic) bond motifs is 3. The van der Waals surface area contributed by atoms with E-state index in [1.54, 1.807) is 36.0 Å². The van der Waals surface area contributed by atoms with Crippen LogP contribution in [0.3, 0.4) is 0 Å². The Kier molecular flexibility index (Phi) is 4.18. The summed E-state index contributed by atoms with van der Waals surface area (Å²) in [4.78, 5) is 27.3. The highest BCUT2D eigenvalue weighted by atomic mass is 32.2. The molecule has 1 aromatic carbocycles. The topological polar surface area (TPSA) is 78.0 Å². The van der Waals surface area contributed by atoms with Gasteiger partial charge in [0.05, 0.1) is 21.5 Å². The molecule has 0 bridgehead atoms. The first-order valence-corrected chi connectivity index (χ1v) is 10.6. The van der Waals surface area contributed by atoms with E-state index in [0.29, 0.717) is 32.7 Å². The number of hydrogen-bond acceptors (Lipinski definition) is 7. The fourth-order valence-electron chi connectivity index (χ4n) is 3.13. The molecule has 0 saturated heterocycles. The van der Waals surface area contributed by atoms with Crippen LogP contribution in [0.15, 0.2) is 52.7 Å². The first-order valence-electron chi connectivity index (χ1n) is 8.60. The lowest BCUT2D eigenvalue weighted by atomic mass is 10.2. The molecule has 144 valence electrons. The largest absolute Gasteiger partial charge is 0.268 e. The molecular weight excluding hydrogens is 411 g/mol. The van der Waals surface area contributed by atoms with E-state index in [0.717, 1.165) is 10.4 Å². The molecule has 0 saturated carbocycles. The minimum atomic E-state index is -0.295. The molecule has 0 amide bonds. The summed E-state index contributed by atoms with van der Waals surface area (Å²) in [5, 5.41) is 6.00. The first-order chi connectivity index (χ1) is 14.0. The van der Waals surface area contributed by atoms with Crippen molar-refractivity contribution in [3.8, 4) is 15.6 Å². The van der Waals surface area contributed by atoms with Crippen LogP contribution in [0.5, 0.6) is 0 Å². The van der Waals surface area contributed by atoms with Gasteiger partial charge < -0.3 is 0 Å². The van der Waals surface area contributed by atoms with Crippen molar-refractivity contribution in [1.29, 1.82) is 0 Å². The molecule has 0 aliphatic heterocycles. The number of halogens is 1. The van der Waals surface area contributed by atoms with Gasteiger partial charge in [-0.1, -0.05) is 35.2 Å². The van der Waals surface area contributed by atoms with Crippen LogP contribution >= 0.6 is 23.1 Å². The van der Waals surface area contributed by atoms with E-state index >= 15 is 0 Å². The van der Waals surface area contributed by atoms with Crippen LogP contribution < -0.4 is 5.56 Å². The maximum absolute atomic E-state index is 13.2. The quantitative estimate of drug-likeness (QED) is 0.411. The Morgan fingerprint density at radius 1 is 1.14 bits per heavy atom. The molecule has 0 spiro atoms. The van der Waals surface area contributed by atoms with Crippen LogP contribution in [0.25, 0.3) is 32.3 Å². The standard InChI is InChI=1S/C19H13FN6OS2/c1-10-15-13(26-17(22-10)23-18(24-26)28-2)7-8-25(16(15)27)19-21-9-14(29-19)11-3-5-12(20)6-4-11/h3-9H,1-2H3. The molecule has 4 heterocycles. The predicted molar refractivity (Wildman–Crippen MR) is 111 cm³/mol. The van der Waals surface area contributed by atoms with Gasteiger partial charge in [0.2, 0.25) is 5.16 Å². The normalized spacial score (nSPS) is 11.6. The lowest BCUT2D eigenvalue weighted by molar-refractivity contribution is 0.628. The lowest BCUT2D eigenvalue weighted by Gasteiger charge is -2.06. The van der Waals surface area contributed by atoms with Crippen LogP contribution in [0.4, 0.5) is 4.39 Å². The van der Waals surface area contributed by atoms with Gasteiger partial charge in [-0.05, 0) is 36.9 Å². The van der Waals surface area contributed by atoms with Crippen LogP contribution in [0, 0.1) is 12.7 Å². The Labute approximate surface area is 171 Å². The van der Waals surface area contributed by atoms with E-state index in [1.165, 1.54) is 39.8 Å². The summed E-state index contributed by atoms with van der Waals surface area (Å²) in [5.74, 6) is 0.167. The molecule has 0 aliphatic carbocycles. The summed E-state index contributed by atoms with van der Waals surface area (Å²) in [5.41, 5.74) is 1.85. The van der Waals surface area contributed by atoms with Crippen molar-refractivity contribution < 1.29 is 4.39 Å². The van der Waals surface area contributed by atoms with Crippen LogP contribution in [-0.4, -0.2) is 35.4 Å². The minimum Gasteiger partial charge on any atom is -0.268 e. The number of benzene rings is 1. The third kappa shape index (κ3) is 2.91. The molecule has 0 aliphatic rings. The van der Waals surface area contributed by atoms with Gasteiger partial charge >= 0.3 is 0 Å². The van der Waals surface area contributed by atoms with Gasteiger partial charge in [-0.2, -0.15) is 9.50 Å². The van der Waals surface area contributed by atoms with E-state index < -0.39 is 0 Å². The summed E-state index contributed by atoms with van der Waals surface area (Å²) >= 11 is 2.77. The van der Waals surface area contributed by atoms with Gasteiger partial charge in [-0.25, -0.2) is 14.4 Å². The molecule has 0 radical (unpaired) electrons. The minimum absolute atomic E-state index is 0.226. The van der Waals surface area contributed by atoms with Gasteiger partial charge in [0.25, 0.3) is 11.3 Å². The van der Waals surface area contributed by atoms with E-state index in [1.807, 2.05) is 12.3 Å². The second-order valence-electron chi connectivity index (χ2n) is 6.27. The SMILES string of the molecule is CSc1nc2nc(C)c3c(=O)n(-c4ncc(-c5ccc(F)cc5)s4)ccc3n2n1. The Bertz CT molecular complexity index is 1440. The number of aromatic nitrogens is 6. The Balaban J connectivity index is 1.67.